The zero-order valence-corrected chi connectivity index (χ0v) is 26.6. The van der Waals surface area contributed by atoms with Gasteiger partial charge in [0.05, 0.1) is 29.7 Å². The van der Waals surface area contributed by atoms with Gasteiger partial charge in [0.1, 0.15) is 11.4 Å². The summed E-state index contributed by atoms with van der Waals surface area (Å²) in [5.41, 5.74) is 4.80. The molecule has 12 heteroatoms. The first-order valence-corrected chi connectivity index (χ1v) is 15.7. The predicted molar refractivity (Wildman–Crippen MR) is 183 cm³/mol. The highest BCUT2D eigenvalue weighted by Gasteiger charge is 2.31. The predicted octanol–water partition coefficient (Wildman–Crippen LogP) is 5.50. The monoisotopic (exact) mass is 642 g/mol. The molecule has 2 aliphatic rings. The molecule has 5 aromatic rings. The minimum Gasteiger partial charge on any atom is -0.452 e. The van der Waals surface area contributed by atoms with Gasteiger partial charge >= 0.3 is 6.03 Å². The Morgan fingerprint density at radius 3 is 2.60 bits per heavy atom. The summed E-state index contributed by atoms with van der Waals surface area (Å²) in [5.74, 6) is 0.396. The van der Waals surface area contributed by atoms with E-state index in [1.807, 2.05) is 49.1 Å². The lowest BCUT2D eigenvalue weighted by Gasteiger charge is -2.35. The molecular formula is C36H34N8O4. The zero-order chi connectivity index (χ0) is 33.2. The molecular weight excluding hydrogens is 608 g/mol. The Labute approximate surface area is 277 Å². The number of nitrogens with zero attached hydrogens (tertiary/aromatic N) is 6. The van der Waals surface area contributed by atoms with Crippen LogP contribution in [0.5, 0.6) is 5.75 Å². The Morgan fingerprint density at radius 1 is 1.00 bits per heavy atom. The van der Waals surface area contributed by atoms with E-state index in [9.17, 15) is 14.4 Å². The van der Waals surface area contributed by atoms with Gasteiger partial charge in [-0.3, -0.25) is 19.6 Å². The summed E-state index contributed by atoms with van der Waals surface area (Å²) in [7, 11) is 3.76. The number of amides is 3. The molecule has 0 unspecified atom stereocenters. The van der Waals surface area contributed by atoms with Crippen LogP contribution in [0.25, 0.3) is 17.1 Å². The van der Waals surface area contributed by atoms with Crippen molar-refractivity contribution in [3.63, 3.8) is 0 Å². The first-order valence-electron chi connectivity index (χ1n) is 15.7. The molecule has 12 nitrogen and oxygen atoms in total. The number of urea groups is 1. The molecule has 2 aliphatic heterocycles. The molecule has 242 valence electrons. The fourth-order valence-electron chi connectivity index (χ4n) is 6.32. The lowest BCUT2D eigenvalue weighted by atomic mass is 9.94. The van der Waals surface area contributed by atoms with Gasteiger partial charge in [0.2, 0.25) is 11.7 Å². The van der Waals surface area contributed by atoms with Crippen LogP contribution in [0.2, 0.25) is 0 Å². The van der Waals surface area contributed by atoms with Gasteiger partial charge in [-0.25, -0.2) is 9.78 Å². The van der Waals surface area contributed by atoms with Gasteiger partial charge in [0.15, 0.2) is 5.76 Å². The van der Waals surface area contributed by atoms with Crippen LogP contribution in [0, 0.1) is 5.92 Å². The van der Waals surface area contributed by atoms with E-state index in [0.717, 1.165) is 40.8 Å². The number of fused-ring (bicyclic) bond motifs is 2. The number of rotatable bonds is 7. The van der Waals surface area contributed by atoms with E-state index in [4.69, 9.17) is 4.74 Å². The van der Waals surface area contributed by atoms with Crippen molar-refractivity contribution in [3.05, 3.63) is 108 Å². The quantitative estimate of drug-likeness (QED) is 0.222. The number of ketones is 1. The van der Waals surface area contributed by atoms with Crippen molar-refractivity contribution in [2.75, 3.05) is 35.7 Å². The summed E-state index contributed by atoms with van der Waals surface area (Å²) in [5, 5.41) is 6.37. The number of nitrogens with one attached hydrogen (secondary N) is 2. The maximum atomic E-state index is 13.5. The summed E-state index contributed by atoms with van der Waals surface area (Å²) in [6.07, 6.45) is 11.8. The van der Waals surface area contributed by atoms with Crippen molar-refractivity contribution in [1.29, 1.82) is 0 Å². The van der Waals surface area contributed by atoms with Crippen molar-refractivity contribution in [1.82, 2.24) is 24.4 Å². The molecule has 1 aromatic carbocycles. The number of benzene rings is 1. The largest absolute Gasteiger partial charge is 0.452 e. The minimum absolute atomic E-state index is 0.0616. The van der Waals surface area contributed by atoms with E-state index in [-0.39, 0.29) is 23.4 Å². The molecule has 48 heavy (non-hydrogen) atoms. The zero-order valence-electron chi connectivity index (χ0n) is 26.6. The Kier molecular flexibility index (Phi) is 8.28. The second-order valence-corrected chi connectivity index (χ2v) is 12.0. The lowest BCUT2D eigenvalue weighted by molar-refractivity contribution is -0.135. The van der Waals surface area contributed by atoms with Gasteiger partial charge in [0, 0.05) is 80.2 Å². The van der Waals surface area contributed by atoms with Crippen LogP contribution >= 0.6 is 0 Å². The number of pyridine rings is 3. The fraction of sp³-hybridized carbons (Fsp3) is 0.222. The molecule has 3 amide bonds. The number of hydrogen-bond donors (Lipinski definition) is 2. The number of allylic oxidation sites excluding steroid dienone is 1. The van der Waals surface area contributed by atoms with Crippen LogP contribution in [0.4, 0.5) is 21.9 Å². The van der Waals surface area contributed by atoms with Gasteiger partial charge in [-0.1, -0.05) is 6.07 Å². The topological polar surface area (TPSA) is 135 Å². The van der Waals surface area contributed by atoms with Crippen LogP contribution in [0.15, 0.2) is 91.3 Å². The van der Waals surface area contributed by atoms with Crippen LogP contribution in [0.3, 0.4) is 0 Å². The molecule has 0 radical (unpaired) electrons. The minimum atomic E-state index is -0.453. The first kappa shape index (κ1) is 30.6. The maximum Gasteiger partial charge on any atom is 0.323 e. The molecule has 0 saturated carbocycles. The van der Waals surface area contributed by atoms with Crippen molar-refractivity contribution < 1.29 is 19.1 Å². The molecule has 0 aliphatic carbocycles. The number of anilines is 3. The molecule has 0 bridgehead atoms. The Bertz CT molecular complexity index is 2040. The number of ether oxygens (including phenoxy) is 1. The first-order chi connectivity index (χ1) is 23.3. The SMILES string of the molecule is CN(Cc1ccccn1)C(=O)C1CCN(c2ccnc3c2c(/C=C2\Oc4ccc(NC(=O)Nc5cccnc5)cc4C2=O)cn3C)CC1. The van der Waals surface area contributed by atoms with Gasteiger partial charge < -0.3 is 29.7 Å². The van der Waals surface area contributed by atoms with Crippen LogP contribution in [-0.2, 0) is 18.4 Å². The number of aromatic nitrogens is 4. The van der Waals surface area contributed by atoms with E-state index in [0.29, 0.717) is 42.3 Å². The van der Waals surface area contributed by atoms with E-state index in [2.05, 4.69) is 30.5 Å². The number of hydrogen-bond acceptors (Lipinski definition) is 8. The van der Waals surface area contributed by atoms with E-state index >= 15 is 0 Å². The van der Waals surface area contributed by atoms with E-state index in [1.54, 1.807) is 66.1 Å². The number of piperidine rings is 1. The highest BCUT2D eigenvalue weighted by atomic mass is 16.5. The third-order valence-electron chi connectivity index (χ3n) is 8.68. The van der Waals surface area contributed by atoms with E-state index in [1.165, 1.54) is 0 Å². The number of aryl methyl sites for hydroxylation is 1. The Balaban J connectivity index is 1.07. The highest BCUT2D eigenvalue weighted by molar-refractivity contribution is 6.16. The van der Waals surface area contributed by atoms with Crippen LogP contribution in [0.1, 0.15) is 34.5 Å². The molecule has 1 fully saturated rings. The number of Topliss-reactive ketones (excluding diaryl/α,β-unsaturated/α-hetero) is 1. The average Bonchev–Trinajstić information content (AvgIpc) is 3.60. The number of carbonyl (C=O) groups is 3. The van der Waals surface area contributed by atoms with Crippen molar-refractivity contribution in [2.45, 2.75) is 19.4 Å². The van der Waals surface area contributed by atoms with Gasteiger partial charge in [-0.05, 0) is 67.4 Å². The highest BCUT2D eigenvalue weighted by Crippen LogP contribution is 2.37. The van der Waals surface area contributed by atoms with Gasteiger partial charge in [0.25, 0.3) is 0 Å². The second-order valence-electron chi connectivity index (χ2n) is 12.0. The summed E-state index contributed by atoms with van der Waals surface area (Å²) in [6.45, 7) is 1.91. The molecule has 2 N–H and O–H groups in total. The molecule has 6 heterocycles. The van der Waals surface area contributed by atoms with Crippen molar-refractivity contribution >= 4 is 51.9 Å². The summed E-state index contributed by atoms with van der Waals surface area (Å²) in [6, 6.07) is 15.7. The second kappa shape index (κ2) is 13.0. The Hall–Kier alpha value is -6.04. The Morgan fingerprint density at radius 2 is 1.83 bits per heavy atom. The summed E-state index contributed by atoms with van der Waals surface area (Å²) in [4.78, 5) is 56.3. The smallest absolute Gasteiger partial charge is 0.323 e. The average molecular weight is 643 g/mol. The third-order valence-corrected chi connectivity index (χ3v) is 8.68. The molecule has 0 spiro atoms. The standard InChI is InChI=1S/C36H34N8O4/c1-42-21-24(18-31-33(45)28-19-25(8-9-30(28)48-31)40-36(47)41-26-7-5-13-37-20-26)32-29(10-15-39-34(32)42)44-16-11-23(12-17-44)35(46)43(2)22-27-6-3-4-14-38-27/h3-10,13-15,18-21,23H,11-12,16-17,22H2,1-2H3,(H2,40,41,47)/b31-18-. The van der Waals surface area contributed by atoms with Crippen LogP contribution in [-0.4, -0.2) is 62.3 Å². The molecule has 7 rings (SSSR count). The fourth-order valence-corrected chi connectivity index (χ4v) is 6.32. The van der Waals surface area contributed by atoms with Gasteiger partial charge in [-0.15, -0.1) is 0 Å². The molecule has 4 aromatic heterocycles. The van der Waals surface area contributed by atoms with Gasteiger partial charge in [-0.2, -0.15) is 0 Å². The molecule has 0 atom stereocenters. The maximum absolute atomic E-state index is 13.5. The van der Waals surface area contributed by atoms with E-state index < -0.39 is 6.03 Å². The lowest BCUT2D eigenvalue weighted by Crippen LogP contribution is -2.41. The molecule has 1 saturated heterocycles. The normalized spacial score (nSPS) is 15.3. The van der Waals surface area contributed by atoms with Crippen molar-refractivity contribution in [3.8, 4) is 5.75 Å². The van der Waals surface area contributed by atoms with Crippen molar-refractivity contribution in [2.24, 2.45) is 13.0 Å². The number of carbonyl (C=O) groups excluding carboxylic acids is 3. The van der Waals surface area contributed by atoms with Crippen LogP contribution < -0.4 is 20.3 Å². The summed E-state index contributed by atoms with van der Waals surface area (Å²) >= 11 is 0. The summed E-state index contributed by atoms with van der Waals surface area (Å²) < 4.78 is 7.95. The third kappa shape index (κ3) is 6.19.